The minimum Gasteiger partial charge on any atom is -0.466 e. The second-order valence-electron chi connectivity index (χ2n) is 17.4. The molecule has 4 nitrogen and oxygen atoms in total. The SMILES string of the molecule is CCCCCCCC(=O)OCCC[C@H]1[C@]2(C)CC[C@@]3(C)[C@H]([C@@H](C)CCC4OC4(C)C)CC[C@]3(C)[C@H]2CC[C@]12OC2(C)C. The van der Waals surface area contributed by atoms with Gasteiger partial charge < -0.3 is 14.2 Å². The number of carbonyl (C=O) groups is 1. The van der Waals surface area contributed by atoms with Crippen LogP contribution in [-0.4, -0.2) is 35.5 Å². The summed E-state index contributed by atoms with van der Waals surface area (Å²) in [4.78, 5) is 12.4. The molecule has 42 heavy (non-hydrogen) atoms. The first-order valence-electron chi connectivity index (χ1n) is 18.2. The summed E-state index contributed by atoms with van der Waals surface area (Å²) in [5.74, 6) is 2.87. The van der Waals surface area contributed by atoms with Crippen LogP contribution >= 0.6 is 0 Å². The van der Waals surface area contributed by atoms with Gasteiger partial charge in [-0.3, -0.25) is 4.79 Å². The third kappa shape index (κ3) is 5.54. The van der Waals surface area contributed by atoms with Crippen LogP contribution < -0.4 is 0 Å². The maximum Gasteiger partial charge on any atom is 0.305 e. The molecule has 1 unspecified atom stereocenters. The van der Waals surface area contributed by atoms with E-state index in [0.29, 0.717) is 35.9 Å². The normalized spacial score (nSPS) is 43.5. The molecule has 0 bridgehead atoms. The smallest absolute Gasteiger partial charge is 0.305 e. The number of rotatable bonds is 14. The molecule has 4 heteroatoms. The molecule has 1 spiro atoms. The summed E-state index contributed by atoms with van der Waals surface area (Å²) in [6.07, 6.45) is 19.4. The molecule has 2 aliphatic heterocycles. The molecule has 3 saturated carbocycles. The number of fused-ring (bicyclic) bond motifs is 3. The third-order valence-corrected chi connectivity index (χ3v) is 14.5. The number of ether oxygens (including phenoxy) is 3. The molecule has 5 fully saturated rings. The molecule has 0 amide bonds. The Labute approximate surface area is 259 Å². The lowest BCUT2D eigenvalue weighted by atomic mass is 9.39. The number of carbonyl (C=O) groups excluding carboxylic acids is 1. The molecule has 2 saturated heterocycles. The van der Waals surface area contributed by atoms with E-state index >= 15 is 0 Å². The van der Waals surface area contributed by atoms with Crippen LogP contribution in [0.4, 0.5) is 0 Å². The highest BCUT2D eigenvalue weighted by molar-refractivity contribution is 5.69. The minimum absolute atomic E-state index is 0.000758. The monoisotopic (exact) mass is 586 g/mol. The molecule has 0 radical (unpaired) electrons. The van der Waals surface area contributed by atoms with Crippen molar-refractivity contribution in [2.75, 3.05) is 6.61 Å². The van der Waals surface area contributed by atoms with E-state index in [4.69, 9.17) is 14.2 Å². The zero-order valence-electron chi connectivity index (χ0n) is 29.0. The van der Waals surface area contributed by atoms with Gasteiger partial charge in [0.05, 0.1) is 23.9 Å². The summed E-state index contributed by atoms with van der Waals surface area (Å²) in [6, 6.07) is 0. The largest absolute Gasteiger partial charge is 0.466 e. The Kier molecular flexibility index (Phi) is 9.08. The van der Waals surface area contributed by atoms with Gasteiger partial charge in [-0.05, 0) is 138 Å². The molecule has 0 aromatic heterocycles. The Morgan fingerprint density at radius 2 is 1.55 bits per heavy atom. The molecule has 5 rings (SSSR count). The van der Waals surface area contributed by atoms with Gasteiger partial charge in [0.25, 0.3) is 0 Å². The maximum absolute atomic E-state index is 12.4. The summed E-state index contributed by atoms with van der Waals surface area (Å²) in [5, 5.41) is 0. The van der Waals surface area contributed by atoms with E-state index in [1.165, 1.54) is 70.6 Å². The Morgan fingerprint density at radius 1 is 0.857 bits per heavy atom. The predicted molar refractivity (Wildman–Crippen MR) is 171 cm³/mol. The van der Waals surface area contributed by atoms with Gasteiger partial charge in [-0.1, -0.05) is 60.3 Å². The fraction of sp³-hybridized carbons (Fsp3) is 0.974. The van der Waals surface area contributed by atoms with Crippen molar-refractivity contribution in [1.29, 1.82) is 0 Å². The molecule has 242 valence electrons. The van der Waals surface area contributed by atoms with Crippen molar-refractivity contribution in [2.45, 2.75) is 188 Å². The summed E-state index contributed by atoms with van der Waals surface area (Å²) in [6.45, 7) is 22.5. The van der Waals surface area contributed by atoms with E-state index in [9.17, 15) is 4.79 Å². The number of esters is 1. The fourth-order valence-electron chi connectivity index (χ4n) is 11.6. The van der Waals surface area contributed by atoms with Crippen LogP contribution in [0.5, 0.6) is 0 Å². The highest BCUT2D eigenvalue weighted by Gasteiger charge is 2.76. The summed E-state index contributed by atoms with van der Waals surface area (Å²) in [7, 11) is 0. The van der Waals surface area contributed by atoms with E-state index < -0.39 is 0 Å². The van der Waals surface area contributed by atoms with Crippen LogP contribution in [0.15, 0.2) is 0 Å². The Balaban J connectivity index is 1.23. The van der Waals surface area contributed by atoms with Crippen molar-refractivity contribution in [1.82, 2.24) is 0 Å². The molecular formula is C38H66O4. The van der Waals surface area contributed by atoms with E-state index in [-0.39, 0.29) is 28.2 Å². The molecule has 0 aromatic carbocycles. The zero-order valence-corrected chi connectivity index (χ0v) is 29.0. The van der Waals surface area contributed by atoms with Crippen LogP contribution in [0.2, 0.25) is 0 Å². The minimum atomic E-state index is -0.0339. The summed E-state index contributed by atoms with van der Waals surface area (Å²) < 4.78 is 18.4. The van der Waals surface area contributed by atoms with Crippen molar-refractivity contribution >= 4 is 5.97 Å². The lowest BCUT2D eigenvalue weighted by Crippen LogP contribution is -2.61. The van der Waals surface area contributed by atoms with Crippen LogP contribution in [-0.2, 0) is 19.0 Å². The van der Waals surface area contributed by atoms with Gasteiger partial charge in [0, 0.05) is 6.42 Å². The first-order valence-corrected chi connectivity index (χ1v) is 18.2. The molecule has 3 aliphatic carbocycles. The van der Waals surface area contributed by atoms with Crippen LogP contribution in [0.1, 0.15) is 165 Å². The highest BCUT2D eigenvalue weighted by Crippen LogP contribution is 2.77. The average Bonchev–Trinajstić information content (AvgIpc) is 3.67. The predicted octanol–water partition coefficient (Wildman–Crippen LogP) is 10.1. The number of unbranched alkanes of at least 4 members (excludes halogenated alkanes) is 4. The first-order chi connectivity index (χ1) is 19.7. The quantitative estimate of drug-likeness (QED) is 0.115. The molecular weight excluding hydrogens is 520 g/mol. The standard InChI is InChI=1S/C38H66O4/c1-10-11-12-13-14-17-32(39)40-26-15-16-30-35(7)24-25-36(8)28(27(2)18-19-31-33(3,4)41-31)20-22-37(36,9)29(35)21-23-38(30)34(5,6)42-38/h27-31H,10-26H2,1-9H3/t27-,28-,29-,30-,31?,35+,36-,37+,38-/m0/s1. The second-order valence-corrected chi connectivity index (χ2v) is 17.4. The Morgan fingerprint density at radius 3 is 2.19 bits per heavy atom. The first kappa shape index (κ1) is 32.8. The van der Waals surface area contributed by atoms with Gasteiger partial charge in [-0.25, -0.2) is 0 Å². The molecule has 0 N–H and O–H groups in total. The van der Waals surface area contributed by atoms with Gasteiger partial charge in [0.1, 0.15) is 5.60 Å². The Bertz CT molecular complexity index is 972. The number of hydrogen-bond donors (Lipinski definition) is 0. The lowest BCUT2D eigenvalue weighted by molar-refractivity contribution is -0.173. The van der Waals surface area contributed by atoms with Crippen molar-refractivity contribution in [3.05, 3.63) is 0 Å². The van der Waals surface area contributed by atoms with Gasteiger partial charge in [-0.15, -0.1) is 0 Å². The fourth-order valence-corrected chi connectivity index (χ4v) is 11.6. The van der Waals surface area contributed by atoms with Gasteiger partial charge in [-0.2, -0.15) is 0 Å². The zero-order chi connectivity index (χ0) is 30.6. The van der Waals surface area contributed by atoms with Gasteiger partial charge in [0.2, 0.25) is 0 Å². The molecule has 0 aromatic rings. The molecule has 2 heterocycles. The number of hydrogen-bond acceptors (Lipinski definition) is 4. The van der Waals surface area contributed by atoms with Crippen molar-refractivity contribution < 1.29 is 19.0 Å². The Hall–Kier alpha value is -0.610. The average molecular weight is 587 g/mol. The summed E-state index contributed by atoms with van der Waals surface area (Å²) >= 11 is 0. The molecule has 9 atom stereocenters. The third-order valence-electron chi connectivity index (χ3n) is 14.5. The highest BCUT2D eigenvalue weighted by atomic mass is 16.6. The topological polar surface area (TPSA) is 51.4 Å². The van der Waals surface area contributed by atoms with E-state index in [0.717, 1.165) is 43.4 Å². The second kappa shape index (κ2) is 11.6. The van der Waals surface area contributed by atoms with Crippen molar-refractivity contribution in [3.63, 3.8) is 0 Å². The molecule has 5 aliphatic rings. The summed E-state index contributed by atoms with van der Waals surface area (Å²) in [5.41, 5.74) is 1.17. The van der Waals surface area contributed by atoms with Crippen LogP contribution in [0.3, 0.4) is 0 Å². The van der Waals surface area contributed by atoms with Crippen LogP contribution in [0, 0.1) is 39.9 Å². The van der Waals surface area contributed by atoms with Crippen LogP contribution in [0.25, 0.3) is 0 Å². The number of epoxide rings is 2. The lowest BCUT2D eigenvalue weighted by Gasteiger charge is -2.65. The maximum atomic E-state index is 12.4. The van der Waals surface area contributed by atoms with Gasteiger partial charge >= 0.3 is 5.97 Å². The van der Waals surface area contributed by atoms with E-state index in [1.54, 1.807) is 0 Å². The van der Waals surface area contributed by atoms with Crippen molar-refractivity contribution in [3.8, 4) is 0 Å². The van der Waals surface area contributed by atoms with Gasteiger partial charge in [0.15, 0.2) is 0 Å². The van der Waals surface area contributed by atoms with E-state index in [1.807, 2.05) is 0 Å². The van der Waals surface area contributed by atoms with Crippen molar-refractivity contribution in [2.24, 2.45) is 39.9 Å². The van der Waals surface area contributed by atoms with E-state index in [2.05, 4.69) is 62.3 Å².